The fourth-order valence-electron chi connectivity index (χ4n) is 2.03. The number of aromatic nitrogens is 1. The minimum Gasteiger partial charge on any atom is -0.461 e. The van der Waals surface area contributed by atoms with Crippen molar-refractivity contribution < 1.29 is 13.9 Å². The summed E-state index contributed by atoms with van der Waals surface area (Å²) in [6.45, 7) is 4.24. The summed E-state index contributed by atoms with van der Waals surface area (Å²) < 4.78 is 10.1. The topological polar surface area (TPSA) is 64.4 Å². The number of ether oxygens (including phenoxy) is 1. The van der Waals surface area contributed by atoms with Crippen LogP contribution in [0, 0.1) is 0 Å². The van der Waals surface area contributed by atoms with Crippen LogP contribution in [0.3, 0.4) is 0 Å². The Morgan fingerprint density at radius 2 is 2.35 bits per heavy atom. The lowest BCUT2D eigenvalue weighted by molar-refractivity contribution is 0.0519. The fourth-order valence-corrected chi connectivity index (χ4v) is 2.03. The molecule has 0 saturated heterocycles. The van der Waals surface area contributed by atoms with Gasteiger partial charge < -0.3 is 14.5 Å². The Balaban J connectivity index is 2.01. The number of oxazole rings is 1. The summed E-state index contributed by atoms with van der Waals surface area (Å²) in [5.41, 5.74) is 0.330. The first-order valence-corrected chi connectivity index (χ1v) is 6.10. The summed E-state index contributed by atoms with van der Waals surface area (Å²) >= 11 is 0. The van der Waals surface area contributed by atoms with Crippen molar-refractivity contribution in [1.82, 2.24) is 4.98 Å². The third kappa shape index (κ3) is 2.43. The van der Waals surface area contributed by atoms with Gasteiger partial charge in [-0.1, -0.05) is 6.92 Å². The molecule has 1 saturated carbocycles. The summed E-state index contributed by atoms with van der Waals surface area (Å²) in [5.74, 6) is -0.441. The van der Waals surface area contributed by atoms with Crippen LogP contribution in [0.2, 0.25) is 0 Å². The standard InChI is InChI=1S/C12H18N2O3/c1-3-12(6-5-7-12)14-11-13-9(8-17-11)10(15)16-4-2/h8H,3-7H2,1-2H3,(H,13,14). The van der Waals surface area contributed by atoms with Crippen LogP contribution in [-0.2, 0) is 4.74 Å². The first kappa shape index (κ1) is 12.0. The molecule has 1 heterocycles. The van der Waals surface area contributed by atoms with Gasteiger partial charge in [0.05, 0.1) is 6.61 Å². The molecule has 0 spiro atoms. The third-order valence-electron chi connectivity index (χ3n) is 3.35. The maximum atomic E-state index is 11.4. The van der Waals surface area contributed by atoms with Crippen molar-refractivity contribution in [3.05, 3.63) is 12.0 Å². The third-order valence-corrected chi connectivity index (χ3v) is 3.35. The van der Waals surface area contributed by atoms with Crippen LogP contribution >= 0.6 is 0 Å². The molecule has 0 amide bonds. The van der Waals surface area contributed by atoms with Crippen molar-refractivity contribution in [1.29, 1.82) is 0 Å². The minimum atomic E-state index is -0.441. The molecule has 1 aromatic heterocycles. The lowest BCUT2D eigenvalue weighted by Gasteiger charge is -2.41. The number of nitrogens with one attached hydrogen (secondary N) is 1. The van der Waals surface area contributed by atoms with E-state index in [2.05, 4.69) is 17.2 Å². The van der Waals surface area contributed by atoms with Gasteiger partial charge >= 0.3 is 5.97 Å². The number of hydrogen-bond acceptors (Lipinski definition) is 5. The second-order valence-corrected chi connectivity index (χ2v) is 4.37. The number of carbonyl (C=O) groups is 1. The molecule has 2 rings (SSSR count). The van der Waals surface area contributed by atoms with Crippen molar-refractivity contribution in [2.75, 3.05) is 11.9 Å². The van der Waals surface area contributed by atoms with Crippen molar-refractivity contribution in [3.63, 3.8) is 0 Å². The summed E-state index contributed by atoms with van der Waals surface area (Å²) in [7, 11) is 0. The van der Waals surface area contributed by atoms with Gasteiger partial charge in [-0.25, -0.2) is 4.79 Å². The number of esters is 1. The molecule has 1 aromatic rings. The maximum Gasteiger partial charge on any atom is 0.360 e. The van der Waals surface area contributed by atoms with E-state index < -0.39 is 5.97 Å². The van der Waals surface area contributed by atoms with E-state index in [0.717, 1.165) is 19.3 Å². The molecule has 0 unspecified atom stereocenters. The van der Waals surface area contributed by atoms with Crippen molar-refractivity contribution in [2.45, 2.75) is 45.1 Å². The van der Waals surface area contributed by atoms with Gasteiger partial charge in [0.2, 0.25) is 0 Å². The van der Waals surface area contributed by atoms with Crippen LogP contribution in [0.15, 0.2) is 10.7 Å². The number of hydrogen-bond donors (Lipinski definition) is 1. The van der Waals surface area contributed by atoms with Gasteiger partial charge in [-0.2, -0.15) is 4.98 Å². The molecule has 0 aliphatic heterocycles. The lowest BCUT2D eigenvalue weighted by Crippen LogP contribution is -2.44. The van der Waals surface area contributed by atoms with Gasteiger partial charge in [0.15, 0.2) is 5.69 Å². The Morgan fingerprint density at radius 3 is 2.88 bits per heavy atom. The quantitative estimate of drug-likeness (QED) is 0.799. The Labute approximate surface area is 101 Å². The molecule has 5 nitrogen and oxygen atoms in total. The molecule has 5 heteroatoms. The van der Waals surface area contributed by atoms with Gasteiger partial charge in [-0.05, 0) is 32.6 Å². The molecular weight excluding hydrogens is 220 g/mol. The molecule has 0 atom stereocenters. The minimum absolute atomic E-state index is 0.108. The summed E-state index contributed by atoms with van der Waals surface area (Å²) in [5, 5.41) is 3.27. The van der Waals surface area contributed by atoms with E-state index in [1.54, 1.807) is 6.92 Å². The largest absolute Gasteiger partial charge is 0.461 e. The van der Waals surface area contributed by atoms with Gasteiger partial charge in [0.25, 0.3) is 6.01 Å². The molecule has 0 radical (unpaired) electrons. The van der Waals surface area contributed by atoms with Crippen LogP contribution in [-0.4, -0.2) is 23.1 Å². The fraction of sp³-hybridized carbons (Fsp3) is 0.667. The normalized spacial score (nSPS) is 17.3. The van der Waals surface area contributed by atoms with Gasteiger partial charge in [0.1, 0.15) is 6.26 Å². The molecule has 0 bridgehead atoms. The Hall–Kier alpha value is -1.52. The molecule has 94 valence electrons. The van der Waals surface area contributed by atoms with Gasteiger partial charge in [0, 0.05) is 5.54 Å². The zero-order valence-electron chi connectivity index (χ0n) is 10.3. The molecular formula is C12H18N2O3. The number of carbonyl (C=O) groups excluding carboxylic acids is 1. The van der Waals surface area contributed by atoms with Crippen LogP contribution < -0.4 is 5.32 Å². The molecule has 1 aliphatic rings. The number of nitrogens with zero attached hydrogens (tertiary/aromatic N) is 1. The van der Waals surface area contributed by atoms with Crippen LogP contribution in [0.5, 0.6) is 0 Å². The SMILES string of the molecule is CCOC(=O)c1coc(NC2(CC)CCC2)n1. The zero-order chi connectivity index (χ0) is 12.3. The van der Waals surface area contributed by atoms with Crippen LogP contribution in [0.25, 0.3) is 0 Å². The molecule has 1 fully saturated rings. The zero-order valence-corrected chi connectivity index (χ0v) is 10.3. The Morgan fingerprint density at radius 1 is 1.59 bits per heavy atom. The van der Waals surface area contributed by atoms with Crippen molar-refractivity contribution in [3.8, 4) is 0 Å². The number of anilines is 1. The van der Waals surface area contributed by atoms with E-state index in [-0.39, 0.29) is 11.2 Å². The average molecular weight is 238 g/mol. The van der Waals surface area contributed by atoms with Crippen molar-refractivity contribution >= 4 is 12.0 Å². The molecule has 1 aliphatic carbocycles. The van der Waals surface area contributed by atoms with Crippen molar-refractivity contribution in [2.24, 2.45) is 0 Å². The highest BCUT2D eigenvalue weighted by molar-refractivity contribution is 5.87. The highest BCUT2D eigenvalue weighted by Gasteiger charge is 2.36. The van der Waals surface area contributed by atoms with E-state index in [1.807, 2.05) is 0 Å². The van der Waals surface area contributed by atoms with E-state index >= 15 is 0 Å². The Kier molecular flexibility index (Phi) is 3.36. The van der Waals surface area contributed by atoms with E-state index in [9.17, 15) is 4.79 Å². The van der Waals surface area contributed by atoms with Crippen LogP contribution in [0.4, 0.5) is 6.01 Å². The first-order chi connectivity index (χ1) is 8.19. The molecule has 1 N–H and O–H groups in total. The summed E-state index contributed by atoms with van der Waals surface area (Å²) in [4.78, 5) is 15.5. The maximum absolute atomic E-state index is 11.4. The average Bonchev–Trinajstić information content (AvgIpc) is 2.72. The monoisotopic (exact) mass is 238 g/mol. The summed E-state index contributed by atoms with van der Waals surface area (Å²) in [6, 6.07) is 0.412. The summed E-state index contributed by atoms with van der Waals surface area (Å²) in [6.07, 6.45) is 5.85. The Bertz CT molecular complexity index is 391. The molecule has 17 heavy (non-hydrogen) atoms. The first-order valence-electron chi connectivity index (χ1n) is 6.10. The highest BCUT2D eigenvalue weighted by atomic mass is 16.5. The van der Waals surface area contributed by atoms with Gasteiger partial charge in [-0.3, -0.25) is 0 Å². The number of rotatable bonds is 5. The molecule has 0 aromatic carbocycles. The predicted molar refractivity (Wildman–Crippen MR) is 63.0 cm³/mol. The smallest absolute Gasteiger partial charge is 0.360 e. The predicted octanol–water partition coefficient (Wildman–Crippen LogP) is 2.60. The highest BCUT2D eigenvalue weighted by Crippen LogP contribution is 2.37. The second-order valence-electron chi connectivity index (χ2n) is 4.37. The van der Waals surface area contributed by atoms with Crippen LogP contribution in [0.1, 0.15) is 50.0 Å². The van der Waals surface area contributed by atoms with E-state index in [4.69, 9.17) is 9.15 Å². The van der Waals surface area contributed by atoms with Gasteiger partial charge in [-0.15, -0.1) is 0 Å². The van der Waals surface area contributed by atoms with E-state index in [0.29, 0.717) is 12.6 Å². The van der Waals surface area contributed by atoms with E-state index in [1.165, 1.54) is 12.7 Å². The lowest BCUT2D eigenvalue weighted by atomic mass is 9.75. The second kappa shape index (κ2) is 4.77.